The Morgan fingerprint density at radius 3 is 2.56 bits per heavy atom. The number of amides is 1. The van der Waals surface area contributed by atoms with Crippen LogP contribution < -0.4 is 5.32 Å². The second-order valence-electron chi connectivity index (χ2n) is 2.53. The number of carbonyl (C=O) groups excluding carboxylic acids is 1. The van der Waals surface area contributed by atoms with Gasteiger partial charge in [0.25, 0.3) is 0 Å². The van der Waals surface area contributed by atoms with Crippen LogP contribution in [0.4, 0.5) is 0 Å². The van der Waals surface area contributed by atoms with Gasteiger partial charge in [0.05, 0.1) is 0 Å². The summed E-state index contributed by atoms with van der Waals surface area (Å²) in [4.78, 5) is 10.5. The maximum Gasteiger partial charge on any atom is 0.220 e. The molecule has 9 heavy (non-hydrogen) atoms. The van der Waals surface area contributed by atoms with Crippen LogP contribution in [0.25, 0.3) is 0 Å². The molecule has 0 spiro atoms. The van der Waals surface area contributed by atoms with E-state index in [1.54, 1.807) is 0 Å². The average Bonchev–Trinajstić information content (AvgIpc) is 1.83. The van der Waals surface area contributed by atoms with E-state index in [0.29, 0.717) is 12.3 Å². The third-order valence-corrected chi connectivity index (χ3v) is 1.15. The van der Waals surface area contributed by atoms with Gasteiger partial charge in [-0.25, -0.2) is 0 Å². The molecule has 1 amide bonds. The standard InChI is InChI=1S/C7H14NO/c1-6(2)4-5-7(9)8-3/h6H,3-5H2,1-2H3,(H,8,9). The van der Waals surface area contributed by atoms with Crippen LogP contribution in [0, 0.1) is 13.0 Å². The fourth-order valence-corrected chi connectivity index (χ4v) is 0.508. The second kappa shape index (κ2) is 4.36. The zero-order chi connectivity index (χ0) is 7.28. The molecule has 0 aliphatic carbocycles. The van der Waals surface area contributed by atoms with Crippen molar-refractivity contribution in [2.45, 2.75) is 26.7 Å². The number of carbonyl (C=O) groups is 1. The molecule has 0 unspecified atom stereocenters. The molecule has 0 aromatic carbocycles. The summed E-state index contributed by atoms with van der Waals surface area (Å²) >= 11 is 0. The lowest BCUT2D eigenvalue weighted by Crippen LogP contribution is -2.15. The van der Waals surface area contributed by atoms with Crippen LogP contribution in [0.3, 0.4) is 0 Å². The lowest BCUT2D eigenvalue weighted by Gasteiger charge is -2.01. The van der Waals surface area contributed by atoms with Gasteiger partial charge >= 0.3 is 0 Å². The fraction of sp³-hybridized carbons (Fsp3) is 0.714. The average molecular weight is 128 g/mol. The van der Waals surface area contributed by atoms with Gasteiger partial charge in [-0.3, -0.25) is 4.79 Å². The molecule has 0 saturated heterocycles. The van der Waals surface area contributed by atoms with Crippen molar-refractivity contribution in [3.63, 3.8) is 0 Å². The zero-order valence-corrected chi connectivity index (χ0v) is 6.11. The molecular weight excluding hydrogens is 114 g/mol. The summed E-state index contributed by atoms with van der Waals surface area (Å²) in [6.45, 7) is 4.19. The SMILES string of the molecule is [CH2]NC(=O)CCC(C)C. The van der Waals surface area contributed by atoms with Gasteiger partial charge in [0, 0.05) is 13.5 Å². The summed E-state index contributed by atoms with van der Waals surface area (Å²) in [5.41, 5.74) is 0. The molecule has 0 saturated carbocycles. The van der Waals surface area contributed by atoms with Gasteiger partial charge in [-0.05, 0) is 12.3 Å². The first-order valence-electron chi connectivity index (χ1n) is 3.22. The van der Waals surface area contributed by atoms with Crippen LogP contribution in [-0.2, 0) is 4.79 Å². The molecule has 0 atom stereocenters. The largest absolute Gasteiger partial charge is 0.354 e. The Labute approximate surface area is 56.6 Å². The van der Waals surface area contributed by atoms with Crippen molar-refractivity contribution < 1.29 is 4.79 Å². The van der Waals surface area contributed by atoms with Crippen molar-refractivity contribution in [3.8, 4) is 0 Å². The molecule has 0 fully saturated rings. The van der Waals surface area contributed by atoms with Crippen molar-refractivity contribution in [1.29, 1.82) is 0 Å². The molecule has 0 aromatic heterocycles. The predicted octanol–water partition coefficient (Wildman–Crippen LogP) is 1.33. The minimum atomic E-state index is 0.0312. The topological polar surface area (TPSA) is 29.1 Å². The summed E-state index contributed by atoms with van der Waals surface area (Å²) in [5, 5.41) is 2.33. The third-order valence-electron chi connectivity index (χ3n) is 1.15. The van der Waals surface area contributed by atoms with Crippen LogP contribution >= 0.6 is 0 Å². The summed E-state index contributed by atoms with van der Waals surface area (Å²) in [5.74, 6) is 0.631. The van der Waals surface area contributed by atoms with E-state index < -0.39 is 0 Å². The van der Waals surface area contributed by atoms with E-state index in [9.17, 15) is 4.79 Å². The molecule has 2 heteroatoms. The van der Waals surface area contributed by atoms with Gasteiger partial charge in [-0.1, -0.05) is 13.8 Å². The maximum atomic E-state index is 10.5. The minimum absolute atomic E-state index is 0.0312. The quantitative estimate of drug-likeness (QED) is 0.610. The summed E-state index contributed by atoms with van der Waals surface area (Å²) in [6, 6.07) is 0. The summed E-state index contributed by atoms with van der Waals surface area (Å²) < 4.78 is 0. The van der Waals surface area contributed by atoms with Crippen LogP contribution in [0.2, 0.25) is 0 Å². The lowest BCUT2D eigenvalue weighted by atomic mass is 10.1. The first-order valence-corrected chi connectivity index (χ1v) is 3.22. The van der Waals surface area contributed by atoms with Crippen molar-refractivity contribution in [3.05, 3.63) is 7.05 Å². The van der Waals surface area contributed by atoms with E-state index in [0.717, 1.165) is 6.42 Å². The zero-order valence-electron chi connectivity index (χ0n) is 6.11. The third kappa shape index (κ3) is 5.34. The number of rotatable bonds is 3. The number of hydrogen-bond acceptors (Lipinski definition) is 1. The highest BCUT2D eigenvalue weighted by molar-refractivity contribution is 5.75. The fourth-order valence-electron chi connectivity index (χ4n) is 0.508. The van der Waals surface area contributed by atoms with Crippen molar-refractivity contribution in [2.75, 3.05) is 0 Å². The van der Waals surface area contributed by atoms with Gasteiger partial charge in [0.15, 0.2) is 0 Å². The first-order chi connectivity index (χ1) is 4.16. The van der Waals surface area contributed by atoms with Crippen LogP contribution in [0.5, 0.6) is 0 Å². The van der Waals surface area contributed by atoms with Crippen LogP contribution in [-0.4, -0.2) is 5.91 Å². The van der Waals surface area contributed by atoms with Gasteiger partial charge in [-0.2, -0.15) is 0 Å². The van der Waals surface area contributed by atoms with E-state index in [2.05, 4.69) is 26.2 Å². The number of nitrogens with one attached hydrogen (secondary N) is 1. The van der Waals surface area contributed by atoms with E-state index in [1.807, 2.05) is 0 Å². The predicted molar refractivity (Wildman–Crippen MR) is 37.6 cm³/mol. The first kappa shape index (κ1) is 8.47. The minimum Gasteiger partial charge on any atom is -0.354 e. The van der Waals surface area contributed by atoms with E-state index >= 15 is 0 Å². The van der Waals surface area contributed by atoms with Crippen molar-refractivity contribution in [1.82, 2.24) is 5.32 Å². The molecule has 0 rings (SSSR count). The molecule has 0 aromatic rings. The Morgan fingerprint density at radius 2 is 2.22 bits per heavy atom. The van der Waals surface area contributed by atoms with E-state index in [-0.39, 0.29) is 5.91 Å². The molecule has 1 radical (unpaired) electrons. The Kier molecular flexibility index (Phi) is 4.10. The van der Waals surface area contributed by atoms with Gasteiger partial charge in [-0.15, -0.1) is 0 Å². The molecule has 0 aliphatic rings. The van der Waals surface area contributed by atoms with Crippen LogP contribution in [0.15, 0.2) is 0 Å². The highest BCUT2D eigenvalue weighted by atomic mass is 16.1. The smallest absolute Gasteiger partial charge is 0.220 e. The number of hydrogen-bond donors (Lipinski definition) is 1. The molecule has 2 nitrogen and oxygen atoms in total. The molecule has 0 bridgehead atoms. The summed E-state index contributed by atoms with van der Waals surface area (Å²) in [7, 11) is 3.26. The highest BCUT2D eigenvalue weighted by Crippen LogP contribution is 2.02. The Bertz CT molecular complexity index is 88.9. The second-order valence-corrected chi connectivity index (χ2v) is 2.53. The Balaban J connectivity index is 3.17. The van der Waals surface area contributed by atoms with Crippen LogP contribution in [0.1, 0.15) is 26.7 Å². The van der Waals surface area contributed by atoms with E-state index in [4.69, 9.17) is 0 Å². The van der Waals surface area contributed by atoms with Crippen molar-refractivity contribution in [2.24, 2.45) is 5.92 Å². The molecule has 0 heterocycles. The van der Waals surface area contributed by atoms with Gasteiger partial charge in [0.2, 0.25) is 5.91 Å². The maximum absolute atomic E-state index is 10.5. The monoisotopic (exact) mass is 128 g/mol. The highest BCUT2D eigenvalue weighted by Gasteiger charge is 1.98. The van der Waals surface area contributed by atoms with Gasteiger partial charge in [0.1, 0.15) is 0 Å². The van der Waals surface area contributed by atoms with E-state index in [1.165, 1.54) is 0 Å². The summed E-state index contributed by atoms with van der Waals surface area (Å²) in [6.07, 6.45) is 1.54. The Morgan fingerprint density at radius 1 is 1.67 bits per heavy atom. The van der Waals surface area contributed by atoms with Crippen molar-refractivity contribution >= 4 is 5.91 Å². The Hall–Kier alpha value is -0.530. The molecule has 0 aliphatic heterocycles. The normalized spacial score (nSPS) is 9.78. The molecular formula is C7H14NO. The lowest BCUT2D eigenvalue weighted by molar-refractivity contribution is -0.120. The molecule has 1 N–H and O–H groups in total. The van der Waals surface area contributed by atoms with Gasteiger partial charge < -0.3 is 5.32 Å². The molecule has 53 valence electrons.